The van der Waals surface area contributed by atoms with Crippen LogP contribution in [0.5, 0.6) is 23.0 Å². The monoisotopic (exact) mass is 631 g/mol. The first-order chi connectivity index (χ1) is 21.2. The Bertz CT molecular complexity index is 1480. The second-order valence-corrected chi connectivity index (χ2v) is 9.79. The molecule has 0 bridgehead atoms. The van der Waals surface area contributed by atoms with Gasteiger partial charge in [-0.3, -0.25) is 5.01 Å². The van der Waals surface area contributed by atoms with Gasteiger partial charge in [-0.15, -0.1) is 10.2 Å². The molecule has 4 aromatic carbocycles. The van der Waals surface area contributed by atoms with Crippen LogP contribution in [0.15, 0.2) is 118 Å². The third-order valence-electron chi connectivity index (χ3n) is 6.21. The maximum atomic E-state index is 14.6. The quantitative estimate of drug-likeness (QED) is 0.0815. The van der Waals surface area contributed by atoms with Gasteiger partial charge in [0, 0.05) is 21.1 Å². The Hall–Kier alpha value is -5.18. The number of hydrogen-bond donors (Lipinski definition) is 1. The van der Waals surface area contributed by atoms with E-state index in [2.05, 4.69) is 20.7 Å². The normalized spacial score (nSPS) is 12.5. The molecular weight excluding hydrogens is 604 g/mol. The van der Waals surface area contributed by atoms with E-state index in [1.807, 2.05) is 0 Å². The van der Waals surface area contributed by atoms with Crippen molar-refractivity contribution in [3.8, 4) is 23.0 Å². The molecule has 2 N–H and O–H groups in total. The highest BCUT2D eigenvalue weighted by molar-refractivity contribution is 5.49. The van der Waals surface area contributed by atoms with Crippen molar-refractivity contribution in [3.05, 3.63) is 108 Å². The molecular formula is C30H27F6N7O2. The largest absolute Gasteiger partial charge is 0.457 e. The van der Waals surface area contributed by atoms with Gasteiger partial charge in [-0.1, -0.05) is 34.7 Å². The van der Waals surface area contributed by atoms with Crippen molar-refractivity contribution in [2.75, 3.05) is 21.1 Å². The Morgan fingerprint density at radius 2 is 0.822 bits per heavy atom. The van der Waals surface area contributed by atoms with E-state index >= 15 is 0 Å². The first-order valence-corrected chi connectivity index (χ1v) is 13.1. The molecule has 45 heavy (non-hydrogen) atoms. The topological polar surface area (TPSA) is 100 Å². The molecule has 236 valence electrons. The van der Waals surface area contributed by atoms with Crippen LogP contribution >= 0.6 is 0 Å². The molecule has 9 nitrogen and oxygen atoms in total. The number of nitrogens with zero attached hydrogens (tertiary/aromatic N) is 6. The van der Waals surface area contributed by atoms with Gasteiger partial charge in [-0.25, -0.2) is 11.0 Å². The number of hydrazine groups is 1. The van der Waals surface area contributed by atoms with Gasteiger partial charge in [0.25, 0.3) is 0 Å². The van der Waals surface area contributed by atoms with E-state index in [0.717, 1.165) is 53.6 Å². The van der Waals surface area contributed by atoms with Gasteiger partial charge in [0.1, 0.15) is 23.0 Å². The van der Waals surface area contributed by atoms with Crippen LogP contribution in [0.3, 0.4) is 0 Å². The van der Waals surface area contributed by atoms with E-state index in [1.165, 1.54) is 48.5 Å². The minimum atomic E-state index is -5.76. The molecule has 0 unspecified atom stereocenters. The van der Waals surface area contributed by atoms with Gasteiger partial charge in [-0.2, -0.15) is 26.3 Å². The van der Waals surface area contributed by atoms with Crippen molar-refractivity contribution >= 4 is 11.4 Å². The lowest BCUT2D eigenvalue weighted by atomic mass is 9.73. The Morgan fingerprint density at radius 1 is 0.511 bits per heavy atom. The molecule has 0 aromatic heterocycles. The minimum Gasteiger partial charge on any atom is -0.457 e. The molecule has 0 amide bonds. The fourth-order valence-corrected chi connectivity index (χ4v) is 4.23. The van der Waals surface area contributed by atoms with Crippen LogP contribution < -0.4 is 15.3 Å². The second kappa shape index (κ2) is 13.2. The fourth-order valence-electron chi connectivity index (χ4n) is 4.23. The molecule has 0 saturated carbocycles. The highest BCUT2D eigenvalue weighted by Gasteiger charge is 2.72. The van der Waals surface area contributed by atoms with Crippen molar-refractivity contribution in [2.24, 2.45) is 26.5 Å². The molecule has 4 rings (SSSR count). The maximum Gasteiger partial charge on any atom is 0.411 e. The number of nitrogens with two attached hydrogens (primary N) is 1. The summed E-state index contributed by atoms with van der Waals surface area (Å²) in [5.41, 5.74) is -5.45. The van der Waals surface area contributed by atoms with Crippen LogP contribution in [0.25, 0.3) is 0 Å². The van der Waals surface area contributed by atoms with Crippen molar-refractivity contribution in [1.29, 1.82) is 0 Å². The van der Waals surface area contributed by atoms with Crippen molar-refractivity contribution in [3.63, 3.8) is 0 Å². The second-order valence-electron chi connectivity index (χ2n) is 9.79. The van der Waals surface area contributed by atoms with Gasteiger partial charge < -0.3 is 9.47 Å². The Balaban J connectivity index is 1.60. The van der Waals surface area contributed by atoms with E-state index in [4.69, 9.17) is 15.3 Å². The molecule has 0 saturated heterocycles. The molecule has 4 aromatic rings. The lowest BCUT2D eigenvalue weighted by Gasteiger charge is -2.38. The maximum absolute atomic E-state index is 14.6. The van der Waals surface area contributed by atoms with Gasteiger partial charge in [0.2, 0.25) is 5.41 Å². The highest BCUT2D eigenvalue weighted by atomic mass is 19.4. The molecule has 0 aliphatic rings. The molecule has 0 atom stereocenters. The lowest BCUT2D eigenvalue weighted by Crippen LogP contribution is -2.54. The zero-order chi connectivity index (χ0) is 32.8. The van der Waals surface area contributed by atoms with Crippen LogP contribution in [0.2, 0.25) is 0 Å². The molecule has 0 aliphatic carbocycles. The van der Waals surface area contributed by atoms with Gasteiger partial charge >= 0.3 is 12.4 Å². The van der Waals surface area contributed by atoms with Crippen LogP contribution in [0, 0.1) is 0 Å². The Labute approximate surface area is 254 Å². The first-order valence-electron chi connectivity index (χ1n) is 13.1. The summed E-state index contributed by atoms with van der Waals surface area (Å²) in [6.45, 7) is 0. The molecule has 0 aliphatic heterocycles. The van der Waals surface area contributed by atoms with Crippen molar-refractivity contribution < 1.29 is 35.8 Å². The van der Waals surface area contributed by atoms with Crippen molar-refractivity contribution in [1.82, 2.24) is 10.1 Å². The first kappa shape index (κ1) is 32.7. The summed E-state index contributed by atoms with van der Waals surface area (Å²) in [5.74, 6) is 5.97. The van der Waals surface area contributed by atoms with Crippen LogP contribution in [0.1, 0.15) is 11.1 Å². The van der Waals surface area contributed by atoms with Crippen molar-refractivity contribution in [2.45, 2.75) is 17.8 Å². The predicted molar refractivity (Wildman–Crippen MR) is 153 cm³/mol. The third kappa shape index (κ3) is 7.67. The summed E-state index contributed by atoms with van der Waals surface area (Å²) in [5, 5.41) is 17.8. The number of rotatable bonds is 10. The van der Waals surface area contributed by atoms with Crippen LogP contribution in [-0.2, 0) is 5.41 Å². The summed E-state index contributed by atoms with van der Waals surface area (Å²) in [4.78, 5) is 0. The number of halogens is 6. The average molecular weight is 632 g/mol. The smallest absolute Gasteiger partial charge is 0.411 e. The molecule has 15 heteroatoms. The summed E-state index contributed by atoms with van der Waals surface area (Å²) in [7, 11) is 4.87. The summed E-state index contributed by atoms with van der Waals surface area (Å²) in [6, 6.07) is 19.5. The summed E-state index contributed by atoms with van der Waals surface area (Å²) < 4.78 is 98.9. The molecule has 0 heterocycles. The van der Waals surface area contributed by atoms with E-state index in [9.17, 15) is 26.3 Å². The molecule has 0 spiro atoms. The van der Waals surface area contributed by atoms with E-state index in [0.29, 0.717) is 17.1 Å². The van der Waals surface area contributed by atoms with Gasteiger partial charge in [0.05, 0.1) is 11.4 Å². The van der Waals surface area contributed by atoms with Crippen LogP contribution in [-0.4, -0.2) is 43.6 Å². The molecule has 0 radical (unpaired) electrons. The van der Waals surface area contributed by atoms with Gasteiger partial charge in [0.15, 0.2) is 0 Å². The third-order valence-corrected chi connectivity index (χ3v) is 6.21. The molecule has 0 fully saturated rings. The number of ether oxygens (including phenoxy) is 2. The predicted octanol–water partition coefficient (Wildman–Crippen LogP) is 9.05. The Kier molecular flexibility index (Phi) is 9.61. The Morgan fingerprint density at radius 3 is 1.11 bits per heavy atom. The number of benzene rings is 4. The zero-order valence-corrected chi connectivity index (χ0v) is 24.1. The van der Waals surface area contributed by atoms with E-state index in [-0.39, 0.29) is 17.2 Å². The minimum absolute atomic E-state index is 0.0195. The number of hydrogen-bond acceptors (Lipinski definition) is 7. The van der Waals surface area contributed by atoms with Crippen LogP contribution in [0.4, 0.5) is 37.7 Å². The number of alkyl halides is 6. The highest BCUT2D eigenvalue weighted by Crippen LogP contribution is 2.56. The van der Waals surface area contributed by atoms with E-state index < -0.39 is 28.9 Å². The standard InChI is InChI=1S/C30H27F6N7O2/c1-42(2)40-38-22-8-16-26(17-9-22)44-24-12-4-20(5-13-24)28(29(31,32)33,30(34,35)36)21-6-14-25(15-7-21)45-27-18-10-23(11-19-27)39-41-43(3)37/h4-19H,37H2,1-3H3. The average Bonchev–Trinajstić information content (AvgIpc) is 2.97. The van der Waals surface area contributed by atoms with Gasteiger partial charge in [-0.05, 0) is 83.9 Å². The fraction of sp³-hybridized carbons (Fsp3) is 0.200. The van der Waals surface area contributed by atoms with E-state index in [1.54, 1.807) is 26.2 Å². The SMILES string of the molecule is CN(C)N=Nc1ccc(Oc2ccc(C(c3ccc(Oc4ccc(N=NN(C)N)cc4)cc3)(C(F)(F)F)C(F)(F)F)cc2)cc1. The summed E-state index contributed by atoms with van der Waals surface area (Å²) in [6.07, 6.45) is -11.5. The zero-order valence-electron chi connectivity index (χ0n) is 24.1. The summed E-state index contributed by atoms with van der Waals surface area (Å²) >= 11 is 0. The lowest BCUT2D eigenvalue weighted by molar-refractivity contribution is -0.288.